The first-order valence-corrected chi connectivity index (χ1v) is 12.3. The van der Waals surface area contributed by atoms with Crippen LogP contribution in [0.2, 0.25) is 0 Å². The molecule has 0 atom stereocenters. The SMILES string of the molecule is COc1ccccc1N1CCN(C(=O)C2CCN(c3ncnc4c3oc3ccccc34)CC2)CC1. The van der Waals surface area contributed by atoms with Crippen LogP contribution in [0.1, 0.15) is 12.8 Å². The summed E-state index contributed by atoms with van der Waals surface area (Å²) in [7, 11) is 1.70. The number of carbonyl (C=O) groups excluding carboxylic acids is 1. The molecule has 0 radical (unpaired) electrons. The van der Waals surface area contributed by atoms with Crippen LogP contribution < -0.4 is 14.5 Å². The second-order valence-corrected chi connectivity index (χ2v) is 9.22. The predicted octanol–water partition coefficient (Wildman–Crippen LogP) is 3.95. The van der Waals surface area contributed by atoms with Gasteiger partial charge in [0.25, 0.3) is 0 Å². The van der Waals surface area contributed by atoms with Crippen LogP contribution in [0.15, 0.2) is 59.3 Å². The average Bonchev–Trinajstić information content (AvgIpc) is 3.32. The lowest BCUT2D eigenvalue weighted by Crippen LogP contribution is -2.51. The second kappa shape index (κ2) is 9.09. The molecule has 2 aromatic heterocycles. The van der Waals surface area contributed by atoms with Gasteiger partial charge in [0.05, 0.1) is 12.8 Å². The number of aromatic nitrogens is 2. The Morgan fingerprint density at radius 1 is 0.914 bits per heavy atom. The van der Waals surface area contributed by atoms with Crippen LogP contribution in [-0.4, -0.2) is 67.2 Å². The largest absolute Gasteiger partial charge is 0.495 e. The second-order valence-electron chi connectivity index (χ2n) is 9.22. The Morgan fingerprint density at radius 3 is 2.46 bits per heavy atom. The van der Waals surface area contributed by atoms with Gasteiger partial charge < -0.3 is 23.9 Å². The van der Waals surface area contributed by atoms with Gasteiger partial charge in [-0.3, -0.25) is 4.79 Å². The summed E-state index contributed by atoms with van der Waals surface area (Å²) in [6.07, 6.45) is 3.24. The first kappa shape index (κ1) is 21.7. The molecule has 0 unspecified atom stereocenters. The van der Waals surface area contributed by atoms with Crippen LogP contribution in [0, 0.1) is 5.92 Å². The van der Waals surface area contributed by atoms with E-state index in [2.05, 4.69) is 25.8 Å². The summed E-state index contributed by atoms with van der Waals surface area (Å²) in [5.74, 6) is 2.03. The van der Waals surface area contributed by atoms with Crippen LogP contribution in [0.5, 0.6) is 5.75 Å². The Labute approximate surface area is 204 Å². The lowest BCUT2D eigenvalue weighted by atomic mass is 9.95. The van der Waals surface area contributed by atoms with Crippen molar-refractivity contribution in [2.75, 3.05) is 56.2 Å². The lowest BCUT2D eigenvalue weighted by Gasteiger charge is -2.39. The van der Waals surface area contributed by atoms with E-state index in [1.807, 2.05) is 47.4 Å². The summed E-state index contributed by atoms with van der Waals surface area (Å²) in [5.41, 5.74) is 3.49. The van der Waals surface area contributed by atoms with E-state index in [1.165, 1.54) is 0 Å². The molecule has 8 nitrogen and oxygen atoms in total. The van der Waals surface area contributed by atoms with E-state index in [0.717, 1.165) is 91.4 Å². The van der Waals surface area contributed by atoms with Gasteiger partial charge in [0.1, 0.15) is 23.2 Å². The number of carbonyl (C=O) groups is 1. The summed E-state index contributed by atoms with van der Waals surface area (Å²) >= 11 is 0. The normalized spacial score (nSPS) is 17.3. The maximum Gasteiger partial charge on any atom is 0.225 e. The summed E-state index contributed by atoms with van der Waals surface area (Å²) in [4.78, 5) is 28.9. The van der Waals surface area contributed by atoms with Crippen molar-refractivity contribution >= 4 is 39.5 Å². The van der Waals surface area contributed by atoms with Crippen LogP contribution in [0.25, 0.3) is 22.1 Å². The molecular weight excluding hydrogens is 442 g/mol. The number of hydrogen-bond acceptors (Lipinski definition) is 7. The molecule has 0 bridgehead atoms. The number of piperazine rings is 1. The molecule has 4 aromatic rings. The van der Waals surface area contributed by atoms with Crippen LogP contribution in [-0.2, 0) is 4.79 Å². The van der Waals surface area contributed by atoms with E-state index in [0.29, 0.717) is 0 Å². The minimum Gasteiger partial charge on any atom is -0.495 e. The van der Waals surface area contributed by atoms with Gasteiger partial charge in [-0.1, -0.05) is 24.3 Å². The monoisotopic (exact) mass is 471 g/mol. The molecule has 4 heterocycles. The van der Waals surface area contributed by atoms with Crippen LogP contribution in [0.3, 0.4) is 0 Å². The smallest absolute Gasteiger partial charge is 0.225 e. The van der Waals surface area contributed by atoms with E-state index in [1.54, 1.807) is 13.4 Å². The maximum atomic E-state index is 13.3. The Balaban J connectivity index is 1.10. The predicted molar refractivity (Wildman–Crippen MR) is 136 cm³/mol. The number of para-hydroxylation sites is 3. The highest BCUT2D eigenvalue weighted by molar-refractivity contribution is 6.05. The molecule has 8 heteroatoms. The van der Waals surface area contributed by atoms with E-state index in [4.69, 9.17) is 9.15 Å². The molecule has 2 aliphatic heterocycles. The maximum absolute atomic E-state index is 13.3. The van der Waals surface area contributed by atoms with Crippen molar-refractivity contribution < 1.29 is 13.9 Å². The topological polar surface area (TPSA) is 74.9 Å². The third-order valence-electron chi connectivity index (χ3n) is 7.30. The van der Waals surface area contributed by atoms with Crippen LogP contribution in [0.4, 0.5) is 11.5 Å². The molecule has 2 aromatic carbocycles. The fourth-order valence-electron chi connectivity index (χ4n) is 5.39. The Hall–Kier alpha value is -3.81. The number of fused-ring (bicyclic) bond motifs is 3. The van der Waals surface area contributed by atoms with Crippen molar-refractivity contribution in [1.29, 1.82) is 0 Å². The first-order valence-electron chi connectivity index (χ1n) is 12.3. The van der Waals surface area contributed by atoms with Gasteiger partial charge in [-0.15, -0.1) is 0 Å². The molecule has 0 N–H and O–H groups in total. The highest BCUT2D eigenvalue weighted by Gasteiger charge is 2.32. The van der Waals surface area contributed by atoms with Crippen molar-refractivity contribution in [1.82, 2.24) is 14.9 Å². The zero-order chi connectivity index (χ0) is 23.8. The molecule has 35 heavy (non-hydrogen) atoms. The number of anilines is 2. The summed E-state index contributed by atoms with van der Waals surface area (Å²) < 4.78 is 11.6. The fraction of sp³-hybridized carbons (Fsp3) is 0.370. The number of ether oxygens (including phenoxy) is 1. The standard InChI is InChI=1S/C27H29N5O3/c1-34-23-9-5-3-7-21(23)30-14-16-32(17-15-30)27(33)19-10-12-31(13-11-19)26-25-24(28-18-29-26)20-6-2-4-8-22(20)35-25/h2-9,18-19H,10-17H2,1H3. The molecule has 1 amide bonds. The Bertz CT molecular complexity index is 1350. The number of benzene rings is 2. The number of amides is 1. The zero-order valence-electron chi connectivity index (χ0n) is 19.9. The van der Waals surface area contributed by atoms with Gasteiger partial charge in [0.15, 0.2) is 11.4 Å². The summed E-state index contributed by atoms with van der Waals surface area (Å²) in [5, 5.41) is 1.00. The molecule has 0 spiro atoms. The van der Waals surface area contributed by atoms with Crippen molar-refractivity contribution in [2.24, 2.45) is 5.92 Å². The van der Waals surface area contributed by atoms with Gasteiger partial charge in [-0.2, -0.15) is 0 Å². The number of hydrogen-bond donors (Lipinski definition) is 0. The minimum atomic E-state index is 0.0528. The van der Waals surface area contributed by atoms with E-state index < -0.39 is 0 Å². The molecule has 2 saturated heterocycles. The van der Waals surface area contributed by atoms with E-state index in [-0.39, 0.29) is 11.8 Å². The number of piperidine rings is 1. The van der Waals surface area contributed by atoms with Gasteiger partial charge >= 0.3 is 0 Å². The summed E-state index contributed by atoms with van der Waals surface area (Å²) in [6.45, 7) is 4.67. The molecular formula is C27H29N5O3. The minimum absolute atomic E-state index is 0.0528. The highest BCUT2D eigenvalue weighted by Crippen LogP contribution is 2.34. The number of nitrogens with zero attached hydrogens (tertiary/aromatic N) is 5. The highest BCUT2D eigenvalue weighted by atomic mass is 16.5. The van der Waals surface area contributed by atoms with Gasteiger partial charge in [0.2, 0.25) is 5.91 Å². The van der Waals surface area contributed by atoms with Crippen LogP contribution >= 0.6 is 0 Å². The van der Waals surface area contributed by atoms with Gasteiger partial charge in [-0.05, 0) is 37.1 Å². The quantitative estimate of drug-likeness (QED) is 0.446. The molecule has 0 aliphatic carbocycles. The number of furan rings is 1. The zero-order valence-corrected chi connectivity index (χ0v) is 19.9. The van der Waals surface area contributed by atoms with Crippen molar-refractivity contribution in [3.05, 3.63) is 54.9 Å². The van der Waals surface area contributed by atoms with E-state index in [9.17, 15) is 4.79 Å². The average molecular weight is 472 g/mol. The molecule has 6 rings (SSSR count). The van der Waals surface area contributed by atoms with Crippen molar-refractivity contribution in [3.8, 4) is 5.75 Å². The number of methoxy groups -OCH3 is 1. The molecule has 2 fully saturated rings. The molecule has 0 saturated carbocycles. The lowest BCUT2D eigenvalue weighted by molar-refractivity contribution is -0.136. The van der Waals surface area contributed by atoms with Gasteiger partial charge in [0, 0.05) is 50.6 Å². The third kappa shape index (κ3) is 3.92. The van der Waals surface area contributed by atoms with Gasteiger partial charge in [-0.25, -0.2) is 9.97 Å². The molecule has 180 valence electrons. The number of rotatable bonds is 4. The Morgan fingerprint density at radius 2 is 1.66 bits per heavy atom. The van der Waals surface area contributed by atoms with Crippen molar-refractivity contribution in [2.45, 2.75) is 12.8 Å². The Kier molecular flexibility index (Phi) is 5.64. The fourth-order valence-corrected chi connectivity index (χ4v) is 5.39. The van der Waals surface area contributed by atoms with E-state index >= 15 is 0 Å². The first-order chi connectivity index (χ1) is 17.2. The molecule has 2 aliphatic rings. The third-order valence-corrected chi connectivity index (χ3v) is 7.30. The van der Waals surface area contributed by atoms with Crippen molar-refractivity contribution in [3.63, 3.8) is 0 Å². The summed E-state index contributed by atoms with van der Waals surface area (Å²) in [6, 6.07) is 16.0.